The van der Waals surface area contributed by atoms with E-state index in [4.69, 9.17) is 0 Å². The molecule has 1 atom stereocenters. The molecule has 0 aliphatic heterocycles. The largest absolute Gasteiger partial charge is 0.350 e. The first-order chi connectivity index (χ1) is 8.58. The van der Waals surface area contributed by atoms with E-state index in [0.29, 0.717) is 0 Å². The molecule has 0 fully saturated rings. The lowest BCUT2D eigenvalue weighted by Crippen LogP contribution is -2.49. The van der Waals surface area contributed by atoms with Crippen molar-refractivity contribution in [1.29, 1.82) is 0 Å². The Bertz CT molecular complexity index is 415. The third-order valence-electron chi connectivity index (χ3n) is 3.92. The van der Waals surface area contributed by atoms with Crippen molar-refractivity contribution in [3.63, 3.8) is 0 Å². The first kappa shape index (κ1) is 13.6. The van der Waals surface area contributed by atoms with E-state index in [-0.39, 0.29) is 17.4 Å². The summed E-state index contributed by atoms with van der Waals surface area (Å²) >= 11 is 3.48. The molecular weight excluding hydrogens is 290 g/mol. The Hall–Kier alpha value is -0.830. The number of alkyl halides is 1. The Morgan fingerprint density at radius 1 is 1.39 bits per heavy atom. The minimum atomic E-state index is -0.133. The van der Waals surface area contributed by atoms with Gasteiger partial charge in [-0.15, -0.1) is 0 Å². The lowest BCUT2D eigenvalue weighted by Gasteiger charge is -2.28. The average Bonchev–Trinajstić information content (AvgIpc) is 2.82. The third kappa shape index (κ3) is 2.77. The molecule has 1 unspecified atom stereocenters. The predicted molar refractivity (Wildman–Crippen MR) is 78.0 cm³/mol. The average molecular weight is 310 g/mol. The number of hydrogen-bond donors (Lipinski definition) is 1. The summed E-state index contributed by atoms with van der Waals surface area (Å²) in [5, 5.41) is 3.98. The molecule has 1 amide bonds. The van der Waals surface area contributed by atoms with Gasteiger partial charge in [0.1, 0.15) is 0 Å². The van der Waals surface area contributed by atoms with Crippen molar-refractivity contribution in [2.45, 2.75) is 38.6 Å². The maximum absolute atomic E-state index is 12.3. The molecule has 0 radical (unpaired) electrons. The van der Waals surface area contributed by atoms with Gasteiger partial charge in [0.05, 0.1) is 0 Å². The highest BCUT2D eigenvalue weighted by molar-refractivity contribution is 9.09. The number of amides is 1. The standard InChI is InChI=1S/C15H20BrNO/c1-3-15(2,10-16)17-14(18)13-8-11-6-4-5-7-12(11)9-13/h4-7,13H,3,8-10H2,1-2H3,(H,17,18). The van der Waals surface area contributed by atoms with E-state index in [1.807, 2.05) is 12.1 Å². The quantitative estimate of drug-likeness (QED) is 0.851. The van der Waals surface area contributed by atoms with Crippen molar-refractivity contribution in [2.75, 3.05) is 5.33 Å². The fourth-order valence-electron chi connectivity index (χ4n) is 2.36. The van der Waals surface area contributed by atoms with Gasteiger partial charge in [-0.05, 0) is 37.3 Å². The van der Waals surface area contributed by atoms with Crippen LogP contribution in [0, 0.1) is 5.92 Å². The number of benzene rings is 1. The normalized spacial score (nSPS) is 18.2. The molecular formula is C15H20BrNO. The van der Waals surface area contributed by atoms with Crippen LogP contribution < -0.4 is 5.32 Å². The Morgan fingerprint density at radius 3 is 2.39 bits per heavy atom. The number of carbonyl (C=O) groups is 1. The highest BCUT2D eigenvalue weighted by atomic mass is 79.9. The van der Waals surface area contributed by atoms with E-state index in [2.05, 4.69) is 47.2 Å². The molecule has 2 nitrogen and oxygen atoms in total. The van der Waals surface area contributed by atoms with E-state index in [0.717, 1.165) is 24.6 Å². The van der Waals surface area contributed by atoms with Gasteiger partial charge in [-0.2, -0.15) is 0 Å². The number of fused-ring (bicyclic) bond motifs is 1. The summed E-state index contributed by atoms with van der Waals surface area (Å²) < 4.78 is 0. The van der Waals surface area contributed by atoms with Crippen LogP contribution in [0.4, 0.5) is 0 Å². The molecule has 0 saturated heterocycles. The van der Waals surface area contributed by atoms with Crippen LogP contribution in [0.1, 0.15) is 31.4 Å². The Labute approximate surface area is 117 Å². The minimum Gasteiger partial charge on any atom is -0.350 e. The van der Waals surface area contributed by atoms with Crippen LogP contribution in [-0.4, -0.2) is 16.8 Å². The summed E-state index contributed by atoms with van der Waals surface area (Å²) in [6.45, 7) is 4.19. The van der Waals surface area contributed by atoms with Gasteiger partial charge >= 0.3 is 0 Å². The molecule has 3 heteroatoms. The van der Waals surface area contributed by atoms with Crippen molar-refractivity contribution in [3.05, 3.63) is 35.4 Å². The van der Waals surface area contributed by atoms with E-state index in [1.165, 1.54) is 11.1 Å². The van der Waals surface area contributed by atoms with Gasteiger partial charge in [0.25, 0.3) is 0 Å². The zero-order valence-corrected chi connectivity index (χ0v) is 12.6. The van der Waals surface area contributed by atoms with Gasteiger partial charge < -0.3 is 5.32 Å². The number of nitrogens with one attached hydrogen (secondary N) is 1. The summed E-state index contributed by atoms with van der Waals surface area (Å²) in [6, 6.07) is 8.36. The summed E-state index contributed by atoms with van der Waals surface area (Å²) in [5.41, 5.74) is 2.52. The fraction of sp³-hybridized carbons (Fsp3) is 0.533. The third-order valence-corrected chi connectivity index (χ3v) is 5.16. The van der Waals surface area contributed by atoms with Crippen LogP contribution in [0.2, 0.25) is 0 Å². The van der Waals surface area contributed by atoms with E-state index >= 15 is 0 Å². The summed E-state index contributed by atoms with van der Waals surface area (Å²) in [5.74, 6) is 0.294. The van der Waals surface area contributed by atoms with Crippen molar-refractivity contribution in [2.24, 2.45) is 5.92 Å². The van der Waals surface area contributed by atoms with Crippen LogP contribution in [0.3, 0.4) is 0 Å². The van der Waals surface area contributed by atoms with Crippen molar-refractivity contribution in [3.8, 4) is 0 Å². The lowest BCUT2D eigenvalue weighted by atomic mass is 9.98. The Kier molecular flexibility index (Phi) is 4.10. The summed E-state index contributed by atoms with van der Waals surface area (Å²) in [6.07, 6.45) is 2.69. The molecule has 1 aromatic carbocycles. The molecule has 0 bridgehead atoms. The highest BCUT2D eigenvalue weighted by Crippen LogP contribution is 2.27. The Balaban J connectivity index is 2.01. The molecule has 1 aliphatic carbocycles. The smallest absolute Gasteiger partial charge is 0.224 e. The molecule has 2 rings (SSSR count). The predicted octanol–water partition coefficient (Wildman–Crippen LogP) is 3.08. The van der Waals surface area contributed by atoms with Crippen LogP contribution in [-0.2, 0) is 17.6 Å². The van der Waals surface area contributed by atoms with Crippen molar-refractivity contribution >= 4 is 21.8 Å². The van der Waals surface area contributed by atoms with E-state index in [9.17, 15) is 4.79 Å². The van der Waals surface area contributed by atoms with Crippen molar-refractivity contribution in [1.82, 2.24) is 5.32 Å². The van der Waals surface area contributed by atoms with Gasteiger partial charge in [0, 0.05) is 16.8 Å². The summed E-state index contributed by atoms with van der Waals surface area (Å²) in [4.78, 5) is 12.3. The number of rotatable bonds is 4. The number of halogens is 1. The highest BCUT2D eigenvalue weighted by Gasteiger charge is 2.31. The molecule has 98 valence electrons. The monoisotopic (exact) mass is 309 g/mol. The van der Waals surface area contributed by atoms with Crippen LogP contribution >= 0.6 is 15.9 Å². The molecule has 0 aromatic heterocycles. The van der Waals surface area contributed by atoms with Crippen molar-refractivity contribution < 1.29 is 4.79 Å². The lowest BCUT2D eigenvalue weighted by molar-refractivity contribution is -0.126. The minimum absolute atomic E-state index is 0.104. The first-order valence-electron chi connectivity index (χ1n) is 6.53. The molecule has 1 aromatic rings. The molecule has 0 heterocycles. The number of carbonyl (C=O) groups excluding carboxylic acids is 1. The molecule has 0 spiro atoms. The van der Waals surface area contributed by atoms with Crippen LogP contribution in [0.15, 0.2) is 24.3 Å². The van der Waals surface area contributed by atoms with Gasteiger partial charge in [-0.3, -0.25) is 4.79 Å². The molecule has 18 heavy (non-hydrogen) atoms. The van der Waals surface area contributed by atoms with Gasteiger partial charge in [-0.1, -0.05) is 47.1 Å². The maximum Gasteiger partial charge on any atom is 0.224 e. The second-order valence-corrected chi connectivity index (χ2v) is 5.97. The van der Waals surface area contributed by atoms with E-state index in [1.54, 1.807) is 0 Å². The van der Waals surface area contributed by atoms with Crippen LogP contribution in [0.25, 0.3) is 0 Å². The van der Waals surface area contributed by atoms with Gasteiger partial charge in [0.15, 0.2) is 0 Å². The second-order valence-electron chi connectivity index (χ2n) is 5.41. The fourth-order valence-corrected chi connectivity index (χ4v) is 2.90. The topological polar surface area (TPSA) is 29.1 Å². The van der Waals surface area contributed by atoms with E-state index < -0.39 is 0 Å². The Morgan fingerprint density at radius 2 is 1.94 bits per heavy atom. The summed E-state index contributed by atoms with van der Waals surface area (Å²) in [7, 11) is 0. The second kappa shape index (κ2) is 5.43. The van der Waals surface area contributed by atoms with Gasteiger partial charge in [0.2, 0.25) is 5.91 Å². The zero-order valence-electron chi connectivity index (χ0n) is 11.0. The maximum atomic E-state index is 12.3. The molecule has 1 aliphatic rings. The first-order valence-corrected chi connectivity index (χ1v) is 7.65. The SMILES string of the molecule is CCC(C)(CBr)NC(=O)C1Cc2ccccc2C1. The molecule has 1 N–H and O–H groups in total. The number of hydrogen-bond acceptors (Lipinski definition) is 1. The molecule has 0 saturated carbocycles. The van der Waals surface area contributed by atoms with Gasteiger partial charge in [-0.25, -0.2) is 0 Å². The van der Waals surface area contributed by atoms with Crippen LogP contribution in [0.5, 0.6) is 0 Å². The zero-order chi connectivity index (χ0) is 13.2.